The fourth-order valence-corrected chi connectivity index (χ4v) is 2.99. The molecule has 1 aliphatic heterocycles. The predicted octanol–water partition coefficient (Wildman–Crippen LogP) is 3.08. The van der Waals surface area contributed by atoms with Gasteiger partial charge in [0.1, 0.15) is 5.60 Å². The Morgan fingerprint density at radius 1 is 1.40 bits per heavy atom. The van der Waals surface area contributed by atoms with E-state index in [1.807, 2.05) is 44.7 Å². The lowest BCUT2D eigenvalue weighted by Crippen LogP contribution is -2.47. The second kappa shape index (κ2) is 8.32. The summed E-state index contributed by atoms with van der Waals surface area (Å²) >= 11 is 0. The van der Waals surface area contributed by atoms with Gasteiger partial charge in [0.2, 0.25) is 5.91 Å². The van der Waals surface area contributed by atoms with Crippen LogP contribution in [0.5, 0.6) is 0 Å². The van der Waals surface area contributed by atoms with E-state index in [9.17, 15) is 9.59 Å². The molecule has 1 fully saturated rings. The zero-order valence-corrected chi connectivity index (χ0v) is 15.7. The number of carbonyl (C=O) groups is 2. The number of aromatic nitrogens is 1. The van der Waals surface area contributed by atoms with Gasteiger partial charge in [-0.3, -0.25) is 9.78 Å². The first kappa shape index (κ1) is 19.2. The molecule has 2 heterocycles. The summed E-state index contributed by atoms with van der Waals surface area (Å²) in [5.74, 6) is -0.0718. The highest BCUT2D eigenvalue weighted by Crippen LogP contribution is 2.22. The van der Waals surface area contributed by atoms with Gasteiger partial charge in [-0.15, -0.1) is 0 Å². The lowest BCUT2D eigenvalue weighted by Gasteiger charge is -2.35. The van der Waals surface area contributed by atoms with Crippen molar-refractivity contribution in [2.75, 3.05) is 19.6 Å². The average Bonchev–Trinajstić information content (AvgIpc) is 2.58. The van der Waals surface area contributed by atoms with Gasteiger partial charge in [0.05, 0.1) is 5.92 Å². The van der Waals surface area contributed by atoms with Crippen molar-refractivity contribution >= 4 is 12.0 Å². The van der Waals surface area contributed by atoms with Crippen molar-refractivity contribution < 1.29 is 14.3 Å². The van der Waals surface area contributed by atoms with Crippen LogP contribution in [0.3, 0.4) is 0 Å². The van der Waals surface area contributed by atoms with E-state index in [0.29, 0.717) is 26.2 Å². The molecule has 1 saturated heterocycles. The Bertz CT molecular complexity index is 583. The molecule has 0 bridgehead atoms. The molecule has 1 aromatic heterocycles. The van der Waals surface area contributed by atoms with Crippen molar-refractivity contribution in [1.29, 1.82) is 0 Å². The molecule has 25 heavy (non-hydrogen) atoms. The summed E-state index contributed by atoms with van der Waals surface area (Å²) in [4.78, 5) is 32.8. The maximum absolute atomic E-state index is 12.9. The maximum atomic E-state index is 12.9. The van der Waals surface area contributed by atoms with Crippen molar-refractivity contribution in [3.8, 4) is 0 Å². The molecule has 6 nitrogen and oxygen atoms in total. The normalized spacial score (nSPS) is 17.9. The zero-order valence-electron chi connectivity index (χ0n) is 15.7. The Morgan fingerprint density at radius 3 is 2.76 bits per heavy atom. The molecule has 138 valence electrons. The first-order valence-electron chi connectivity index (χ1n) is 8.95. The van der Waals surface area contributed by atoms with Gasteiger partial charge in [-0.2, -0.15) is 0 Å². The Kier molecular flexibility index (Phi) is 6.39. The first-order valence-corrected chi connectivity index (χ1v) is 8.95. The van der Waals surface area contributed by atoms with E-state index in [1.54, 1.807) is 17.3 Å². The quantitative estimate of drug-likeness (QED) is 0.840. The number of hydrogen-bond acceptors (Lipinski definition) is 4. The molecule has 0 radical (unpaired) electrons. The maximum Gasteiger partial charge on any atom is 0.410 e. The highest BCUT2D eigenvalue weighted by atomic mass is 16.6. The third-order valence-electron chi connectivity index (χ3n) is 4.21. The monoisotopic (exact) mass is 347 g/mol. The molecule has 0 aliphatic carbocycles. The lowest BCUT2D eigenvalue weighted by molar-refractivity contribution is -0.137. The summed E-state index contributed by atoms with van der Waals surface area (Å²) in [6.07, 6.45) is 4.80. The van der Waals surface area contributed by atoms with Gasteiger partial charge in [0.15, 0.2) is 0 Å². The van der Waals surface area contributed by atoms with E-state index < -0.39 is 5.60 Å². The van der Waals surface area contributed by atoms with E-state index in [2.05, 4.69) is 4.98 Å². The summed E-state index contributed by atoms with van der Waals surface area (Å²) in [5.41, 5.74) is 0.488. The van der Waals surface area contributed by atoms with E-state index >= 15 is 0 Å². The molecule has 0 unspecified atom stereocenters. The van der Waals surface area contributed by atoms with Crippen LogP contribution >= 0.6 is 0 Å². The first-order chi connectivity index (χ1) is 11.8. The van der Waals surface area contributed by atoms with Crippen molar-refractivity contribution in [2.24, 2.45) is 5.92 Å². The Labute approximate surface area is 150 Å². The number of hydrogen-bond donors (Lipinski definition) is 0. The van der Waals surface area contributed by atoms with Crippen molar-refractivity contribution in [3.63, 3.8) is 0 Å². The van der Waals surface area contributed by atoms with Crippen LogP contribution < -0.4 is 0 Å². The molecule has 1 aliphatic rings. The standard InChI is InChI=1S/C19H29N3O3/c1-5-21(13-15-8-6-10-20-12-15)17(23)16-9-7-11-22(14-16)18(24)25-19(2,3)4/h6,8,10,12,16H,5,7,9,11,13-14H2,1-4H3/t16-/m0/s1. The fourth-order valence-electron chi connectivity index (χ4n) is 2.99. The van der Waals surface area contributed by atoms with E-state index in [-0.39, 0.29) is 17.9 Å². The van der Waals surface area contributed by atoms with Crippen molar-refractivity contribution in [2.45, 2.75) is 52.7 Å². The molecule has 0 spiro atoms. The Balaban J connectivity index is 1.98. The third-order valence-corrected chi connectivity index (χ3v) is 4.21. The van der Waals surface area contributed by atoms with Crippen LogP contribution in [0.1, 0.15) is 46.1 Å². The number of amides is 2. The fraction of sp³-hybridized carbons (Fsp3) is 0.632. The van der Waals surface area contributed by atoms with Gasteiger partial charge in [0.25, 0.3) is 0 Å². The van der Waals surface area contributed by atoms with Crippen LogP contribution in [0.25, 0.3) is 0 Å². The average molecular weight is 347 g/mol. The smallest absolute Gasteiger partial charge is 0.410 e. The number of piperidine rings is 1. The molecule has 2 rings (SSSR count). The van der Waals surface area contributed by atoms with E-state index in [0.717, 1.165) is 18.4 Å². The van der Waals surface area contributed by atoms with Gasteiger partial charge in [-0.1, -0.05) is 6.07 Å². The molecule has 6 heteroatoms. The molecule has 1 aromatic rings. The zero-order chi connectivity index (χ0) is 18.4. The molecular formula is C19H29N3O3. The van der Waals surface area contributed by atoms with Gasteiger partial charge in [-0.25, -0.2) is 4.79 Å². The molecule has 0 N–H and O–H groups in total. The SMILES string of the molecule is CCN(Cc1cccnc1)C(=O)[C@H]1CCCN(C(=O)OC(C)(C)C)C1. The van der Waals surface area contributed by atoms with Crippen LogP contribution in [0.4, 0.5) is 4.79 Å². The van der Waals surface area contributed by atoms with Crippen LogP contribution in [0.2, 0.25) is 0 Å². The predicted molar refractivity (Wildman–Crippen MR) is 95.9 cm³/mol. The molecule has 1 atom stereocenters. The van der Waals surface area contributed by atoms with E-state index in [1.165, 1.54) is 0 Å². The summed E-state index contributed by atoms with van der Waals surface area (Å²) in [5, 5.41) is 0. The topological polar surface area (TPSA) is 62.7 Å². The largest absolute Gasteiger partial charge is 0.444 e. The van der Waals surface area contributed by atoms with Crippen LogP contribution in [-0.4, -0.2) is 52.0 Å². The number of ether oxygens (including phenoxy) is 1. The third kappa shape index (κ3) is 5.73. The number of nitrogens with zero attached hydrogens (tertiary/aromatic N) is 3. The minimum absolute atomic E-state index is 0.0969. The number of likely N-dealkylation sites (tertiary alicyclic amines) is 1. The highest BCUT2D eigenvalue weighted by molar-refractivity contribution is 5.80. The summed E-state index contributed by atoms with van der Waals surface area (Å²) < 4.78 is 5.44. The molecular weight excluding hydrogens is 318 g/mol. The Morgan fingerprint density at radius 2 is 2.16 bits per heavy atom. The van der Waals surface area contributed by atoms with Gasteiger partial charge >= 0.3 is 6.09 Å². The number of pyridine rings is 1. The minimum Gasteiger partial charge on any atom is -0.444 e. The molecule has 0 aromatic carbocycles. The Hall–Kier alpha value is -2.11. The summed E-state index contributed by atoms with van der Waals surface area (Å²) in [6.45, 7) is 9.79. The highest BCUT2D eigenvalue weighted by Gasteiger charge is 2.32. The van der Waals surface area contributed by atoms with Crippen molar-refractivity contribution in [1.82, 2.24) is 14.8 Å². The van der Waals surface area contributed by atoms with Crippen LogP contribution in [0.15, 0.2) is 24.5 Å². The summed E-state index contributed by atoms with van der Waals surface area (Å²) in [6, 6.07) is 3.84. The minimum atomic E-state index is -0.524. The van der Waals surface area contributed by atoms with Gasteiger partial charge < -0.3 is 14.5 Å². The van der Waals surface area contributed by atoms with Gasteiger partial charge in [0, 0.05) is 38.6 Å². The van der Waals surface area contributed by atoms with Crippen molar-refractivity contribution in [3.05, 3.63) is 30.1 Å². The van der Waals surface area contributed by atoms with E-state index in [4.69, 9.17) is 4.74 Å². The second-order valence-corrected chi connectivity index (χ2v) is 7.48. The van der Waals surface area contributed by atoms with Crippen LogP contribution in [-0.2, 0) is 16.1 Å². The number of rotatable bonds is 4. The molecule has 0 saturated carbocycles. The number of carbonyl (C=O) groups excluding carboxylic acids is 2. The summed E-state index contributed by atoms with van der Waals surface area (Å²) in [7, 11) is 0. The molecule has 2 amide bonds. The lowest BCUT2D eigenvalue weighted by atomic mass is 9.96. The van der Waals surface area contributed by atoms with Gasteiger partial charge in [-0.05, 0) is 52.2 Å². The second-order valence-electron chi connectivity index (χ2n) is 7.48. The van der Waals surface area contributed by atoms with Crippen LogP contribution in [0, 0.1) is 5.92 Å².